The molecule has 20 heavy (non-hydrogen) atoms. The third-order valence-electron chi connectivity index (χ3n) is 3.74. The van der Waals surface area contributed by atoms with Gasteiger partial charge in [0.15, 0.2) is 0 Å². The predicted molar refractivity (Wildman–Crippen MR) is 82.8 cm³/mol. The van der Waals surface area contributed by atoms with E-state index in [1.54, 1.807) is 6.07 Å². The predicted octanol–water partition coefficient (Wildman–Crippen LogP) is 0.824. The lowest BCUT2D eigenvalue weighted by molar-refractivity contribution is 0.229. The molecule has 1 fully saturated rings. The van der Waals surface area contributed by atoms with Crippen LogP contribution in [0.25, 0.3) is 0 Å². The molecule has 0 saturated carbocycles. The van der Waals surface area contributed by atoms with Crippen LogP contribution in [-0.4, -0.2) is 63.2 Å². The highest BCUT2D eigenvalue weighted by atomic mass is 15.3. The number of nitrogen functional groups attached to an aromatic ring is 1. The number of hydrogen-bond acceptors (Lipinski definition) is 5. The highest BCUT2D eigenvalue weighted by Crippen LogP contribution is 2.25. The molecule has 0 bridgehead atoms. The Morgan fingerprint density at radius 3 is 2.55 bits per heavy atom. The zero-order valence-corrected chi connectivity index (χ0v) is 12.3. The van der Waals surface area contributed by atoms with Crippen molar-refractivity contribution >= 4 is 11.4 Å². The largest absolute Gasteiger partial charge is 0.397 e. The number of nitrogens with two attached hydrogens (primary N) is 1. The molecule has 0 radical (unpaired) electrons. The minimum atomic E-state index is 0.671. The van der Waals surface area contributed by atoms with Gasteiger partial charge in [-0.25, -0.2) is 0 Å². The van der Waals surface area contributed by atoms with E-state index in [1.807, 2.05) is 12.1 Å². The first-order valence-corrected chi connectivity index (χ1v) is 7.02. The summed E-state index contributed by atoms with van der Waals surface area (Å²) >= 11 is 0. The second-order valence-electron chi connectivity index (χ2n) is 5.52. The van der Waals surface area contributed by atoms with Gasteiger partial charge in [-0.1, -0.05) is 0 Å². The Kier molecular flexibility index (Phi) is 4.83. The van der Waals surface area contributed by atoms with Crippen LogP contribution in [0.3, 0.4) is 0 Å². The standard InChI is InChI=1S/C15H23N5/c1-18(2)5-6-19-7-9-20(10-8-19)15-11-13(12-16)3-4-14(15)17/h3-4,11H,5-10,17H2,1-2H3. The maximum atomic E-state index is 8.99. The summed E-state index contributed by atoms with van der Waals surface area (Å²) in [5.41, 5.74) is 8.46. The van der Waals surface area contributed by atoms with E-state index in [1.165, 1.54) is 0 Å². The second kappa shape index (κ2) is 6.60. The van der Waals surface area contributed by atoms with E-state index in [2.05, 4.69) is 34.9 Å². The van der Waals surface area contributed by atoms with E-state index in [4.69, 9.17) is 11.0 Å². The molecule has 0 spiro atoms. The SMILES string of the molecule is CN(C)CCN1CCN(c2cc(C#N)ccc2N)CC1. The number of benzene rings is 1. The molecule has 1 saturated heterocycles. The molecule has 2 N–H and O–H groups in total. The average molecular weight is 273 g/mol. The molecule has 1 aliphatic rings. The van der Waals surface area contributed by atoms with Crippen molar-refractivity contribution in [3.05, 3.63) is 23.8 Å². The van der Waals surface area contributed by atoms with E-state index >= 15 is 0 Å². The molecular weight excluding hydrogens is 250 g/mol. The van der Waals surface area contributed by atoms with Gasteiger partial charge in [-0.05, 0) is 32.3 Å². The number of likely N-dealkylation sites (N-methyl/N-ethyl adjacent to an activating group) is 1. The number of nitrogens with zero attached hydrogens (tertiary/aromatic N) is 4. The molecule has 108 valence electrons. The van der Waals surface area contributed by atoms with Gasteiger partial charge in [0.25, 0.3) is 0 Å². The molecule has 2 rings (SSSR count). The fourth-order valence-corrected chi connectivity index (χ4v) is 2.44. The van der Waals surface area contributed by atoms with Crippen LogP contribution in [0.4, 0.5) is 11.4 Å². The lowest BCUT2D eigenvalue weighted by Crippen LogP contribution is -2.48. The zero-order valence-electron chi connectivity index (χ0n) is 12.3. The number of hydrogen-bond donors (Lipinski definition) is 1. The lowest BCUT2D eigenvalue weighted by atomic mass is 10.1. The first-order valence-electron chi connectivity index (χ1n) is 7.02. The molecule has 0 aromatic heterocycles. The van der Waals surface area contributed by atoms with E-state index in [0.717, 1.165) is 50.6 Å². The molecule has 1 heterocycles. The Hall–Kier alpha value is -1.77. The first kappa shape index (κ1) is 14.6. The van der Waals surface area contributed by atoms with Gasteiger partial charge in [0, 0.05) is 39.3 Å². The zero-order chi connectivity index (χ0) is 14.5. The van der Waals surface area contributed by atoms with Crippen LogP contribution in [0, 0.1) is 11.3 Å². The second-order valence-corrected chi connectivity index (χ2v) is 5.52. The normalized spacial score (nSPS) is 16.4. The lowest BCUT2D eigenvalue weighted by Gasteiger charge is -2.37. The minimum absolute atomic E-state index is 0.671. The Morgan fingerprint density at radius 1 is 1.25 bits per heavy atom. The van der Waals surface area contributed by atoms with Crippen LogP contribution in [0.1, 0.15) is 5.56 Å². The van der Waals surface area contributed by atoms with Gasteiger partial charge in [0.2, 0.25) is 0 Å². The molecular formula is C15H23N5. The van der Waals surface area contributed by atoms with Crippen molar-refractivity contribution in [1.29, 1.82) is 5.26 Å². The van der Waals surface area contributed by atoms with E-state index in [-0.39, 0.29) is 0 Å². The molecule has 5 nitrogen and oxygen atoms in total. The molecule has 0 atom stereocenters. The highest BCUT2D eigenvalue weighted by molar-refractivity contribution is 5.69. The van der Waals surface area contributed by atoms with Gasteiger partial charge in [-0.2, -0.15) is 5.26 Å². The van der Waals surface area contributed by atoms with Gasteiger partial charge in [-0.3, -0.25) is 4.90 Å². The molecule has 5 heteroatoms. The summed E-state index contributed by atoms with van der Waals surface area (Å²) in [6.45, 7) is 6.22. The van der Waals surface area contributed by atoms with Crippen molar-refractivity contribution in [2.75, 3.05) is 64.0 Å². The maximum Gasteiger partial charge on any atom is 0.0992 e. The van der Waals surface area contributed by atoms with Crippen molar-refractivity contribution < 1.29 is 0 Å². The van der Waals surface area contributed by atoms with Crippen molar-refractivity contribution in [1.82, 2.24) is 9.80 Å². The summed E-state index contributed by atoms with van der Waals surface area (Å²) in [5.74, 6) is 0. The third kappa shape index (κ3) is 3.62. The average Bonchev–Trinajstić information content (AvgIpc) is 2.46. The van der Waals surface area contributed by atoms with Crippen LogP contribution >= 0.6 is 0 Å². The van der Waals surface area contributed by atoms with Crippen LogP contribution in [0.5, 0.6) is 0 Å². The number of nitriles is 1. The molecule has 1 aromatic carbocycles. The van der Waals surface area contributed by atoms with Gasteiger partial charge in [0.05, 0.1) is 23.0 Å². The molecule has 1 aromatic rings. The summed E-state index contributed by atoms with van der Waals surface area (Å²) in [7, 11) is 4.20. The number of piperazine rings is 1. The fraction of sp³-hybridized carbons (Fsp3) is 0.533. The highest BCUT2D eigenvalue weighted by Gasteiger charge is 2.18. The van der Waals surface area contributed by atoms with Crippen LogP contribution in [-0.2, 0) is 0 Å². The van der Waals surface area contributed by atoms with Crippen molar-refractivity contribution in [2.45, 2.75) is 0 Å². The van der Waals surface area contributed by atoms with Gasteiger partial charge in [0.1, 0.15) is 0 Å². The first-order chi connectivity index (χ1) is 9.60. The number of anilines is 2. The Balaban J connectivity index is 1.95. The number of rotatable bonds is 4. The summed E-state index contributed by atoms with van der Waals surface area (Å²) < 4.78 is 0. The van der Waals surface area contributed by atoms with E-state index in [0.29, 0.717) is 5.56 Å². The minimum Gasteiger partial charge on any atom is -0.397 e. The Morgan fingerprint density at radius 2 is 1.95 bits per heavy atom. The van der Waals surface area contributed by atoms with Crippen molar-refractivity contribution in [3.63, 3.8) is 0 Å². The third-order valence-corrected chi connectivity index (χ3v) is 3.74. The van der Waals surface area contributed by atoms with Gasteiger partial charge >= 0.3 is 0 Å². The summed E-state index contributed by atoms with van der Waals surface area (Å²) in [6.07, 6.45) is 0. The fourth-order valence-electron chi connectivity index (χ4n) is 2.44. The summed E-state index contributed by atoms with van der Waals surface area (Å²) in [6, 6.07) is 7.67. The van der Waals surface area contributed by atoms with E-state index < -0.39 is 0 Å². The topological polar surface area (TPSA) is 59.5 Å². The Labute approximate surface area is 121 Å². The Bertz CT molecular complexity index is 484. The monoisotopic (exact) mass is 273 g/mol. The van der Waals surface area contributed by atoms with Crippen molar-refractivity contribution in [3.8, 4) is 6.07 Å². The van der Waals surface area contributed by atoms with Crippen LogP contribution < -0.4 is 10.6 Å². The molecule has 1 aliphatic heterocycles. The van der Waals surface area contributed by atoms with Gasteiger partial charge < -0.3 is 15.5 Å². The summed E-state index contributed by atoms with van der Waals surface area (Å²) in [4.78, 5) is 6.96. The van der Waals surface area contributed by atoms with Crippen LogP contribution in [0.2, 0.25) is 0 Å². The summed E-state index contributed by atoms with van der Waals surface area (Å²) in [5, 5.41) is 8.99. The molecule has 0 amide bonds. The maximum absolute atomic E-state index is 8.99. The van der Waals surface area contributed by atoms with Crippen LogP contribution in [0.15, 0.2) is 18.2 Å². The van der Waals surface area contributed by atoms with E-state index in [9.17, 15) is 0 Å². The molecule has 0 aliphatic carbocycles. The molecule has 0 unspecified atom stereocenters. The van der Waals surface area contributed by atoms with Crippen molar-refractivity contribution in [2.24, 2.45) is 0 Å². The van der Waals surface area contributed by atoms with Gasteiger partial charge in [-0.15, -0.1) is 0 Å². The quantitative estimate of drug-likeness (QED) is 0.823. The smallest absolute Gasteiger partial charge is 0.0992 e.